The number of nitrogens with zero attached hydrogens (tertiary/aromatic N) is 8. The summed E-state index contributed by atoms with van der Waals surface area (Å²) in [6.45, 7) is 6.03. The number of carbonyl (C=O) groups excluding carboxylic acids is 1. The Morgan fingerprint density at radius 3 is 2.70 bits per heavy atom. The summed E-state index contributed by atoms with van der Waals surface area (Å²) in [4.78, 5) is 28.1. The minimum atomic E-state index is -0.460. The van der Waals surface area contributed by atoms with Crippen LogP contribution in [0.5, 0.6) is 0 Å². The number of carbonyl (C=O) groups is 1. The second-order valence-corrected chi connectivity index (χ2v) is 11.2. The van der Waals surface area contributed by atoms with E-state index in [2.05, 4.69) is 25.2 Å². The first-order valence-electron chi connectivity index (χ1n) is 14.5. The molecule has 10 nitrogen and oxygen atoms in total. The third-order valence-electron chi connectivity index (χ3n) is 8.48. The van der Waals surface area contributed by atoms with Crippen molar-refractivity contribution in [1.29, 1.82) is 5.26 Å². The van der Waals surface area contributed by atoms with Crippen LogP contribution in [0, 0.1) is 23.1 Å². The number of piperidine rings is 2. The third kappa shape index (κ3) is 5.59. The average Bonchev–Trinajstić information content (AvgIpc) is 3.65. The molecule has 3 aromatic rings. The number of halogens is 1. The van der Waals surface area contributed by atoms with Crippen LogP contribution in [-0.4, -0.2) is 87.1 Å². The fourth-order valence-electron chi connectivity index (χ4n) is 6.32. The van der Waals surface area contributed by atoms with Crippen molar-refractivity contribution < 1.29 is 9.18 Å². The van der Waals surface area contributed by atoms with Gasteiger partial charge in [0.05, 0.1) is 23.3 Å². The highest BCUT2D eigenvalue weighted by molar-refractivity contribution is 5.79. The number of pyridine rings is 1. The number of hydrogen-bond donors (Lipinski definition) is 1. The molecule has 0 bridgehead atoms. The lowest BCUT2D eigenvalue weighted by atomic mass is 9.96. The average molecular weight is 546 g/mol. The van der Waals surface area contributed by atoms with E-state index >= 15 is 4.39 Å². The molecule has 0 aromatic carbocycles. The Morgan fingerprint density at radius 1 is 1.07 bits per heavy atom. The van der Waals surface area contributed by atoms with Crippen molar-refractivity contribution in [3.05, 3.63) is 36.4 Å². The molecule has 11 heteroatoms. The van der Waals surface area contributed by atoms with Crippen LogP contribution in [0.3, 0.4) is 0 Å². The molecule has 6 rings (SSSR count). The van der Waals surface area contributed by atoms with E-state index in [1.54, 1.807) is 15.6 Å². The fraction of sp³-hybridized carbons (Fsp3) is 0.552. The maximum atomic E-state index is 16.2. The number of hydrogen-bond acceptors (Lipinski definition) is 8. The van der Waals surface area contributed by atoms with Gasteiger partial charge in [-0.1, -0.05) is 6.07 Å². The summed E-state index contributed by atoms with van der Waals surface area (Å²) in [5, 5.41) is 16.7. The maximum absolute atomic E-state index is 16.2. The van der Waals surface area contributed by atoms with Gasteiger partial charge < -0.3 is 20.0 Å². The van der Waals surface area contributed by atoms with Gasteiger partial charge >= 0.3 is 0 Å². The molecule has 0 aliphatic carbocycles. The fourth-order valence-corrected chi connectivity index (χ4v) is 6.32. The number of likely N-dealkylation sites (tertiary alicyclic amines) is 2. The van der Waals surface area contributed by atoms with E-state index in [1.165, 1.54) is 25.9 Å². The van der Waals surface area contributed by atoms with Gasteiger partial charge in [0.2, 0.25) is 11.7 Å². The minimum Gasteiger partial charge on any atom is -0.363 e. The van der Waals surface area contributed by atoms with Gasteiger partial charge in [0.1, 0.15) is 6.42 Å². The van der Waals surface area contributed by atoms with Gasteiger partial charge in [-0.05, 0) is 69.7 Å². The largest absolute Gasteiger partial charge is 0.363 e. The van der Waals surface area contributed by atoms with Crippen LogP contribution in [-0.2, 0) is 4.79 Å². The number of rotatable bonds is 7. The van der Waals surface area contributed by atoms with Crippen molar-refractivity contribution in [2.75, 3.05) is 56.0 Å². The number of aromatic nitrogens is 4. The van der Waals surface area contributed by atoms with Crippen molar-refractivity contribution >= 4 is 23.1 Å². The standard InChI is InChI=1S/C29H36FN9O/c30-26-28(33-22-6-5-14-38(20-22)25(40)8-11-31)34-27(23-18-32-39-15-2-1-7-24(23)39)35-29(26)37-16-9-21(10-17-37)19-36-12-3-4-13-36/h1-2,7,15,18,21-22H,3-6,8-10,12-14,16-17,19-20H2,(H,33,34,35)/t22-/m1/s1. The van der Waals surface area contributed by atoms with Gasteiger partial charge in [-0.25, -0.2) is 14.5 Å². The van der Waals surface area contributed by atoms with E-state index in [1.807, 2.05) is 30.5 Å². The SMILES string of the molecule is N#CCC(=O)N1CCC[C@@H](Nc2nc(-c3cnn4ccccc34)nc(N3CCC(CN4CCCC4)CC3)c2F)C1. The second-order valence-electron chi connectivity index (χ2n) is 11.2. The topological polar surface area (TPSA) is 106 Å². The van der Waals surface area contributed by atoms with Crippen molar-refractivity contribution in [1.82, 2.24) is 29.4 Å². The number of nitrogens with one attached hydrogen (secondary N) is 1. The monoisotopic (exact) mass is 545 g/mol. The molecule has 0 saturated carbocycles. The van der Waals surface area contributed by atoms with Crippen LogP contribution in [0.4, 0.5) is 16.0 Å². The molecule has 0 unspecified atom stereocenters. The Kier molecular flexibility index (Phi) is 7.77. The predicted octanol–water partition coefficient (Wildman–Crippen LogP) is 3.56. The van der Waals surface area contributed by atoms with E-state index in [4.69, 9.17) is 10.2 Å². The molecule has 0 spiro atoms. The molecular weight excluding hydrogens is 509 g/mol. The van der Waals surface area contributed by atoms with Crippen LogP contribution >= 0.6 is 0 Å². The first-order valence-corrected chi connectivity index (χ1v) is 14.5. The Bertz CT molecular complexity index is 1390. The zero-order valence-corrected chi connectivity index (χ0v) is 22.8. The third-order valence-corrected chi connectivity index (χ3v) is 8.48. The minimum absolute atomic E-state index is 0.147. The van der Waals surface area contributed by atoms with Gasteiger partial charge in [0.25, 0.3) is 0 Å². The lowest BCUT2D eigenvalue weighted by molar-refractivity contribution is -0.131. The molecule has 210 valence electrons. The van der Waals surface area contributed by atoms with Gasteiger partial charge in [-0.15, -0.1) is 0 Å². The highest BCUT2D eigenvalue weighted by Crippen LogP contribution is 2.32. The van der Waals surface area contributed by atoms with Crippen LogP contribution in [0.2, 0.25) is 0 Å². The highest BCUT2D eigenvalue weighted by atomic mass is 19.1. The van der Waals surface area contributed by atoms with E-state index < -0.39 is 5.82 Å². The molecule has 3 aliphatic rings. The molecule has 6 heterocycles. The molecule has 1 atom stereocenters. The van der Waals surface area contributed by atoms with E-state index in [0.29, 0.717) is 30.6 Å². The van der Waals surface area contributed by atoms with Gasteiger partial charge in [0, 0.05) is 45.0 Å². The maximum Gasteiger partial charge on any atom is 0.236 e. The van der Waals surface area contributed by atoms with E-state index in [0.717, 1.165) is 56.4 Å². The summed E-state index contributed by atoms with van der Waals surface area (Å²) >= 11 is 0. The van der Waals surface area contributed by atoms with Gasteiger partial charge in [-0.3, -0.25) is 4.79 Å². The molecule has 3 aliphatic heterocycles. The zero-order chi connectivity index (χ0) is 27.5. The summed E-state index contributed by atoms with van der Waals surface area (Å²) in [6.07, 6.45) is 9.59. The summed E-state index contributed by atoms with van der Waals surface area (Å²) in [7, 11) is 0. The molecule has 3 fully saturated rings. The Morgan fingerprint density at radius 2 is 1.90 bits per heavy atom. The predicted molar refractivity (Wildman–Crippen MR) is 150 cm³/mol. The van der Waals surface area contributed by atoms with Crippen LogP contribution in [0.15, 0.2) is 30.6 Å². The van der Waals surface area contributed by atoms with Crippen LogP contribution in [0.25, 0.3) is 16.9 Å². The molecular formula is C29H36FN9O. The van der Waals surface area contributed by atoms with Gasteiger partial charge in [0.15, 0.2) is 17.5 Å². The lowest BCUT2D eigenvalue weighted by Gasteiger charge is -2.35. The number of nitriles is 1. The molecule has 40 heavy (non-hydrogen) atoms. The highest BCUT2D eigenvalue weighted by Gasteiger charge is 2.30. The first kappa shape index (κ1) is 26.4. The van der Waals surface area contributed by atoms with Crippen molar-refractivity contribution in [3.8, 4) is 17.5 Å². The van der Waals surface area contributed by atoms with Crippen molar-refractivity contribution in [2.24, 2.45) is 5.92 Å². The first-order chi connectivity index (χ1) is 19.6. The number of amides is 1. The quantitative estimate of drug-likeness (QED) is 0.481. The van der Waals surface area contributed by atoms with Crippen LogP contribution < -0.4 is 10.2 Å². The lowest BCUT2D eigenvalue weighted by Crippen LogP contribution is -2.45. The number of fused-ring (bicyclic) bond motifs is 1. The Balaban J connectivity index is 1.27. The zero-order valence-electron chi connectivity index (χ0n) is 22.8. The smallest absolute Gasteiger partial charge is 0.236 e. The molecule has 1 N–H and O–H groups in total. The summed E-state index contributed by atoms with van der Waals surface area (Å²) in [5.41, 5.74) is 1.59. The van der Waals surface area contributed by atoms with Gasteiger partial charge in [-0.2, -0.15) is 14.8 Å². The summed E-state index contributed by atoms with van der Waals surface area (Å²) in [6, 6.07) is 7.55. The van der Waals surface area contributed by atoms with E-state index in [9.17, 15) is 4.79 Å². The second kappa shape index (κ2) is 11.8. The van der Waals surface area contributed by atoms with Crippen LogP contribution in [0.1, 0.15) is 44.9 Å². The molecule has 0 radical (unpaired) electrons. The summed E-state index contributed by atoms with van der Waals surface area (Å²) < 4.78 is 17.9. The van der Waals surface area contributed by atoms with E-state index in [-0.39, 0.29) is 24.2 Å². The molecule has 3 saturated heterocycles. The Hall–Kier alpha value is -3.78. The Labute approximate surface area is 233 Å². The van der Waals surface area contributed by atoms with Crippen molar-refractivity contribution in [3.63, 3.8) is 0 Å². The van der Waals surface area contributed by atoms with Crippen molar-refractivity contribution in [2.45, 2.75) is 51.0 Å². The molecule has 3 aromatic heterocycles. The molecule has 1 amide bonds. The number of anilines is 2. The summed E-state index contributed by atoms with van der Waals surface area (Å²) in [5.74, 6) is 0.854. The normalized spacial score (nSPS) is 20.6.